The largest absolute Gasteiger partial charge is 0.390 e. The zero-order valence-electron chi connectivity index (χ0n) is 16.8. The van der Waals surface area contributed by atoms with E-state index in [9.17, 15) is 13.9 Å². The quantitative estimate of drug-likeness (QED) is 0.316. The fourth-order valence-electron chi connectivity index (χ4n) is 2.65. The van der Waals surface area contributed by atoms with Crippen LogP contribution >= 0.6 is 22.7 Å². The third-order valence-corrected chi connectivity index (χ3v) is 6.22. The number of rotatable bonds is 9. The van der Waals surface area contributed by atoms with Crippen LogP contribution in [0.2, 0.25) is 0 Å². The van der Waals surface area contributed by atoms with Gasteiger partial charge in [0.05, 0.1) is 34.2 Å². The molecule has 0 saturated carbocycles. The van der Waals surface area contributed by atoms with Gasteiger partial charge in [0.2, 0.25) is 0 Å². The summed E-state index contributed by atoms with van der Waals surface area (Å²) in [7, 11) is 1.57. The first kappa shape index (κ1) is 22.5. The Kier molecular flexibility index (Phi) is 6.98. The van der Waals surface area contributed by atoms with Crippen LogP contribution in [0.4, 0.5) is 19.6 Å². The molecule has 7 nitrogen and oxygen atoms in total. The van der Waals surface area contributed by atoms with Crippen molar-refractivity contribution in [3.05, 3.63) is 35.3 Å². The number of aliphatic hydroxyl groups is 1. The van der Waals surface area contributed by atoms with Crippen molar-refractivity contribution in [1.82, 2.24) is 15.3 Å². The third-order valence-electron chi connectivity index (χ3n) is 4.29. The van der Waals surface area contributed by atoms with Crippen LogP contribution in [0.3, 0.4) is 0 Å². The lowest BCUT2D eigenvalue weighted by atomic mass is 10.1. The van der Waals surface area contributed by atoms with Crippen molar-refractivity contribution in [2.24, 2.45) is 5.73 Å². The monoisotopic (exact) mass is 454 g/mol. The first-order valence-corrected chi connectivity index (χ1v) is 10.9. The van der Waals surface area contributed by atoms with Crippen LogP contribution in [0, 0.1) is 11.6 Å². The summed E-state index contributed by atoms with van der Waals surface area (Å²) in [5, 5.41) is 21.9. The van der Waals surface area contributed by atoms with Crippen molar-refractivity contribution in [1.29, 1.82) is 0 Å². The van der Waals surface area contributed by atoms with Crippen molar-refractivity contribution in [2.75, 3.05) is 30.8 Å². The van der Waals surface area contributed by atoms with Crippen molar-refractivity contribution in [3.63, 3.8) is 0 Å². The highest BCUT2D eigenvalue weighted by atomic mass is 32.1. The van der Waals surface area contributed by atoms with Crippen molar-refractivity contribution >= 4 is 33.5 Å². The number of hydrogen-bond acceptors (Lipinski definition) is 9. The molecule has 1 aromatic carbocycles. The molecule has 11 heteroatoms. The topological polar surface area (TPSA) is 108 Å². The molecule has 0 amide bonds. The maximum absolute atomic E-state index is 14.3. The molecule has 6 N–H and O–H groups in total. The van der Waals surface area contributed by atoms with Gasteiger partial charge in [0.25, 0.3) is 0 Å². The van der Waals surface area contributed by atoms with Gasteiger partial charge in [0.1, 0.15) is 16.6 Å². The second-order valence-electron chi connectivity index (χ2n) is 7.15. The number of benzene rings is 1. The van der Waals surface area contributed by atoms with E-state index in [1.54, 1.807) is 18.6 Å². The third kappa shape index (κ3) is 5.29. The zero-order valence-corrected chi connectivity index (χ0v) is 18.4. The predicted octanol–water partition coefficient (Wildman–Crippen LogP) is 3.31. The SMILES string of the molecule is CNc1cc(-c2csc(-c3cnc(NC(C)(C)NCC(O)CN)s3)n2)c(F)cc1F. The Morgan fingerprint density at radius 1 is 1.27 bits per heavy atom. The van der Waals surface area contributed by atoms with Gasteiger partial charge in [-0.2, -0.15) is 0 Å². The lowest BCUT2D eigenvalue weighted by molar-refractivity contribution is 0.169. The minimum Gasteiger partial charge on any atom is -0.390 e. The van der Waals surface area contributed by atoms with Gasteiger partial charge in [-0.05, 0) is 19.9 Å². The molecule has 3 rings (SSSR count). The van der Waals surface area contributed by atoms with Gasteiger partial charge in [-0.3, -0.25) is 5.32 Å². The van der Waals surface area contributed by atoms with E-state index in [-0.39, 0.29) is 17.8 Å². The number of nitrogens with two attached hydrogens (primary N) is 1. The number of halogens is 2. The fraction of sp³-hybridized carbons (Fsp3) is 0.368. The zero-order chi connectivity index (χ0) is 21.9. The van der Waals surface area contributed by atoms with E-state index in [0.29, 0.717) is 22.4 Å². The van der Waals surface area contributed by atoms with Crippen molar-refractivity contribution in [2.45, 2.75) is 25.6 Å². The highest BCUT2D eigenvalue weighted by Gasteiger charge is 2.20. The van der Waals surface area contributed by atoms with E-state index >= 15 is 0 Å². The lowest BCUT2D eigenvalue weighted by Gasteiger charge is -2.28. The number of nitrogens with zero attached hydrogens (tertiary/aromatic N) is 2. The molecule has 0 aliphatic heterocycles. The molecular formula is C19H24F2N6OS2. The molecule has 3 aromatic rings. The van der Waals surface area contributed by atoms with E-state index in [4.69, 9.17) is 5.73 Å². The Bertz CT molecular complexity index is 1010. The van der Waals surface area contributed by atoms with E-state index in [1.807, 2.05) is 13.8 Å². The highest BCUT2D eigenvalue weighted by molar-refractivity contribution is 7.23. The second kappa shape index (κ2) is 9.31. The molecular weight excluding hydrogens is 430 g/mol. The summed E-state index contributed by atoms with van der Waals surface area (Å²) in [6.07, 6.45) is 1.07. The van der Waals surface area contributed by atoms with Crippen LogP contribution in [-0.4, -0.2) is 47.0 Å². The number of anilines is 2. The van der Waals surface area contributed by atoms with Gasteiger partial charge < -0.3 is 21.5 Å². The molecule has 0 bridgehead atoms. The van der Waals surface area contributed by atoms with E-state index in [0.717, 1.165) is 10.9 Å². The van der Waals surface area contributed by atoms with Crippen LogP contribution in [-0.2, 0) is 0 Å². The Hall–Kier alpha value is -2.18. The summed E-state index contributed by atoms with van der Waals surface area (Å²) in [6.45, 7) is 4.38. The maximum atomic E-state index is 14.3. The van der Waals surface area contributed by atoms with Crippen molar-refractivity contribution < 1.29 is 13.9 Å². The Morgan fingerprint density at radius 2 is 2.03 bits per heavy atom. The van der Waals surface area contributed by atoms with E-state index in [1.165, 1.54) is 28.7 Å². The van der Waals surface area contributed by atoms with Gasteiger partial charge in [-0.15, -0.1) is 11.3 Å². The lowest BCUT2D eigenvalue weighted by Crippen LogP contribution is -2.50. The van der Waals surface area contributed by atoms with Gasteiger partial charge >= 0.3 is 0 Å². The van der Waals surface area contributed by atoms with Crippen LogP contribution in [0.5, 0.6) is 0 Å². The fourth-order valence-corrected chi connectivity index (χ4v) is 4.50. The first-order valence-electron chi connectivity index (χ1n) is 9.22. The van der Waals surface area contributed by atoms with Crippen molar-refractivity contribution in [3.8, 4) is 21.1 Å². The smallest absolute Gasteiger partial charge is 0.184 e. The summed E-state index contributed by atoms with van der Waals surface area (Å²) < 4.78 is 28.0. The molecule has 162 valence electrons. The van der Waals surface area contributed by atoms with Crippen LogP contribution in [0.25, 0.3) is 21.1 Å². The molecule has 30 heavy (non-hydrogen) atoms. The molecule has 2 heterocycles. The minimum absolute atomic E-state index is 0.182. The number of thiazole rings is 2. The van der Waals surface area contributed by atoms with Gasteiger partial charge in [-0.25, -0.2) is 18.7 Å². The molecule has 2 aromatic heterocycles. The first-order chi connectivity index (χ1) is 14.2. The molecule has 0 aliphatic carbocycles. The average Bonchev–Trinajstić information content (AvgIpc) is 3.35. The Balaban J connectivity index is 1.75. The van der Waals surface area contributed by atoms with Crippen LogP contribution < -0.4 is 21.7 Å². The summed E-state index contributed by atoms with van der Waals surface area (Å²) >= 11 is 2.77. The summed E-state index contributed by atoms with van der Waals surface area (Å²) in [5.74, 6) is -1.31. The van der Waals surface area contributed by atoms with E-state index in [2.05, 4.69) is 25.9 Å². The molecule has 0 spiro atoms. The average molecular weight is 455 g/mol. The van der Waals surface area contributed by atoms with Crippen LogP contribution in [0.15, 0.2) is 23.7 Å². The van der Waals surface area contributed by atoms with Gasteiger partial charge in [0.15, 0.2) is 5.13 Å². The van der Waals surface area contributed by atoms with Gasteiger partial charge in [-0.1, -0.05) is 11.3 Å². The summed E-state index contributed by atoms with van der Waals surface area (Å²) in [5.41, 5.74) is 5.79. The van der Waals surface area contributed by atoms with E-state index < -0.39 is 23.4 Å². The predicted molar refractivity (Wildman–Crippen MR) is 119 cm³/mol. The minimum atomic E-state index is -0.664. The number of aliphatic hydroxyl groups excluding tert-OH is 1. The summed E-state index contributed by atoms with van der Waals surface area (Å²) in [4.78, 5) is 9.70. The van der Waals surface area contributed by atoms with Crippen LogP contribution in [0.1, 0.15) is 13.8 Å². The molecule has 0 radical (unpaired) electrons. The molecule has 0 saturated heterocycles. The molecule has 0 aliphatic rings. The molecule has 1 unspecified atom stereocenters. The summed E-state index contributed by atoms with van der Waals surface area (Å²) in [6, 6.07) is 2.26. The second-order valence-corrected chi connectivity index (χ2v) is 9.04. The standard InChI is InChI=1S/C19H24F2N6OS2/c1-19(2,25-7-10(28)6-22)27-18-24-8-16(30-18)17-26-15(9-29-17)11-4-14(23-3)13(21)5-12(11)20/h4-5,8-10,23,25,28H,6-7,22H2,1-3H3,(H,24,27). The number of hydrogen-bond donors (Lipinski definition) is 5. The van der Waals surface area contributed by atoms with Gasteiger partial charge in [0, 0.05) is 37.1 Å². The number of nitrogens with one attached hydrogen (secondary N) is 3. The Labute approximate surface area is 181 Å². The Morgan fingerprint density at radius 3 is 2.73 bits per heavy atom. The highest BCUT2D eigenvalue weighted by Crippen LogP contribution is 2.36. The maximum Gasteiger partial charge on any atom is 0.184 e. The normalized spacial score (nSPS) is 12.8. The molecule has 1 atom stereocenters. The number of aromatic nitrogens is 2. The molecule has 0 fully saturated rings.